The van der Waals surface area contributed by atoms with Crippen LogP contribution in [0.1, 0.15) is 86.6 Å². The first kappa shape index (κ1) is 25.1. The predicted octanol–water partition coefficient (Wildman–Crippen LogP) is 5.78. The first-order valence-corrected chi connectivity index (χ1v) is 14.1. The fourth-order valence-electron chi connectivity index (χ4n) is 8.76. The second-order valence-corrected chi connectivity index (χ2v) is 12.5. The molecule has 2 aromatic carbocycles. The second-order valence-electron chi connectivity index (χ2n) is 12.5. The van der Waals surface area contributed by atoms with Crippen LogP contribution in [0.4, 0.5) is 0 Å². The Morgan fingerprint density at radius 1 is 1.00 bits per heavy atom. The molecule has 0 saturated heterocycles. The lowest BCUT2D eigenvalue weighted by Gasteiger charge is -2.53. The molecule has 0 heterocycles. The number of aryl methyl sites for hydroxylation is 1. The van der Waals surface area contributed by atoms with Crippen LogP contribution >= 0.6 is 0 Å². The molecule has 0 aliphatic heterocycles. The van der Waals surface area contributed by atoms with Gasteiger partial charge in [0.15, 0.2) is 0 Å². The molecule has 6 atom stereocenters. The summed E-state index contributed by atoms with van der Waals surface area (Å²) in [7, 11) is 0. The van der Waals surface area contributed by atoms with Crippen LogP contribution in [0.5, 0.6) is 5.75 Å². The molecule has 4 aliphatic rings. The summed E-state index contributed by atoms with van der Waals surface area (Å²) in [6.45, 7) is 6.56. The van der Waals surface area contributed by atoms with Crippen molar-refractivity contribution >= 4 is 5.78 Å². The van der Waals surface area contributed by atoms with E-state index in [4.69, 9.17) is 9.78 Å². The monoisotopic (exact) mass is 504 g/mol. The highest BCUT2D eigenvalue weighted by atomic mass is 17.2. The maximum Gasteiger partial charge on any atom is 0.139 e. The number of aromatic hydroxyl groups is 1. The maximum absolute atomic E-state index is 12.7. The largest absolute Gasteiger partial charge is 0.508 e. The van der Waals surface area contributed by atoms with E-state index in [-0.39, 0.29) is 17.8 Å². The molecule has 198 valence electrons. The average molecular weight is 505 g/mol. The van der Waals surface area contributed by atoms with Crippen molar-refractivity contribution in [3.8, 4) is 5.75 Å². The smallest absolute Gasteiger partial charge is 0.139 e. The average Bonchev–Trinajstić information content (AvgIpc) is 3.39. The number of ketones is 1. The minimum Gasteiger partial charge on any atom is -0.508 e. The molecule has 0 spiro atoms. The van der Waals surface area contributed by atoms with E-state index in [0.29, 0.717) is 43.0 Å². The number of phenolic OH excluding ortho intramolecular Hbond substituents is 1. The molecular formula is C32H40O5. The Balaban J connectivity index is 1.28. The minimum atomic E-state index is -0.865. The SMILES string of the molecule is CCOOCC1(C(C)=O)Cc2ccc([C@]3(O)CC[C@H]4[C@@H]5CCc6cc(O)ccc6[C@H]5CC[C@@]43C)cc2C1. The van der Waals surface area contributed by atoms with Crippen LogP contribution in [0.3, 0.4) is 0 Å². The quantitative estimate of drug-likeness (QED) is 0.296. The van der Waals surface area contributed by atoms with Gasteiger partial charge in [0, 0.05) is 5.41 Å². The lowest BCUT2D eigenvalue weighted by Crippen LogP contribution is -2.49. The van der Waals surface area contributed by atoms with Crippen LogP contribution in [0.2, 0.25) is 0 Å². The number of fused-ring (bicyclic) bond motifs is 6. The number of carbonyl (C=O) groups is 1. The third kappa shape index (κ3) is 3.72. The number of Topliss-reactive ketones (excluding diaryl/α,β-unsaturated/α-hetero) is 1. The van der Waals surface area contributed by atoms with Crippen LogP contribution < -0.4 is 0 Å². The van der Waals surface area contributed by atoms with Gasteiger partial charge in [0.1, 0.15) is 11.5 Å². The van der Waals surface area contributed by atoms with Crippen molar-refractivity contribution in [1.82, 2.24) is 0 Å². The summed E-state index contributed by atoms with van der Waals surface area (Å²) in [5, 5.41) is 22.4. The van der Waals surface area contributed by atoms with Gasteiger partial charge >= 0.3 is 0 Å². The zero-order valence-corrected chi connectivity index (χ0v) is 22.4. The first-order valence-electron chi connectivity index (χ1n) is 14.1. The fourth-order valence-corrected chi connectivity index (χ4v) is 8.76. The highest BCUT2D eigenvalue weighted by molar-refractivity contribution is 5.84. The molecule has 5 heteroatoms. The summed E-state index contributed by atoms with van der Waals surface area (Å²) in [4.78, 5) is 23.2. The molecule has 4 aliphatic carbocycles. The van der Waals surface area contributed by atoms with Gasteiger partial charge < -0.3 is 10.2 Å². The third-order valence-corrected chi connectivity index (χ3v) is 10.9. The number of carbonyl (C=O) groups excluding carboxylic acids is 1. The lowest BCUT2D eigenvalue weighted by molar-refractivity contribution is -0.303. The van der Waals surface area contributed by atoms with Gasteiger partial charge in [0.25, 0.3) is 0 Å². The van der Waals surface area contributed by atoms with Crippen LogP contribution in [0, 0.1) is 22.7 Å². The number of hydrogen-bond donors (Lipinski definition) is 2. The van der Waals surface area contributed by atoms with Crippen LogP contribution in [-0.2, 0) is 39.4 Å². The standard InChI is InChI=1S/C32H40O5/c1-4-36-37-19-31(20(2)33)17-22-5-7-24(15-23(22)18-31)32(35)14-12-29-28-9-6-21-16-25(34)8-10-26(21)27(28)11-13-30(29,32)3/h5,7-8,10,15-16,27-29,34-35H,4,6,9,11-14,17-19H2,1-3H3/t27-,28-,29+,30+,31?,32-/m1/s1. The molecule has 2 aromatic rings. The molecule has 5 nitrogen and oxygen atoms in total. The Morgan fingerprint density at radius 3 is 2.59 bits per heavy atom. The van der Waals surface area contributed by atoms with Gasteiger partial charge in [-0.1, -0.05) is 31.2 Å². The minimum absolute atomic E-state index is 0.126. The Labute approximate surface area is 220 Å². The predicted molar refractivity (Wildman–Crippen MR) is 141 cm³/mol. The third-order valence-electron chi connectivity index (χ3n) is 10.9. The lowest BCUT2D eigenvalue weighted by atomic mass is 9.52. The zero-order valence-electron chi connectivity index (χ0n) is 22.4. The van der Waals surface area contributed by atoms with Gasteiger partial charge in [-0.2, -0.15) is 0 Å². The van der Waals surface area contributed by atoms with Gasteiger partial charge in [-0.3, -0.25) is 4.79 Å². The summed E-state index contributed by atoms with van der Waals surface area (Å²) < 4.78 is 0. The molecule has 0 radical (unpaired) electrons. The Kier molecular flexibility index (Phi) is 6.05. The molecule has 2 saturated carbocycles. The Bertz CT molecular complexity index is 1220. The number of benzene rings is 2. The zero-order chi connectivity index (χ0) is 26.0. The molecule has 0 aromatic heterocycles. The molecule has 0 bridgehead atoms. The number of phenols is 1. The molecule has 2 N–H and O–H groups in total. The van der Waals surface area contributed by atoms with E-state index in [2.05, 4.69) is 31.2 Å². The van der Waals surface area contributed by atoms with Crippen molar-refractivity contribution < 1.29 is 24.8 Å². The second kappa shape index (κ2) is 8.93. The van der Waals surface area contributed by atoms with Crippen LogP contribution in [0.15, 0.2) is 36.4 Å². The first-order chi connectivity index (χ1) is 17.7. The molecule has 37 heavy (non-hydrogen) atoms. The summed E-state index contributed by atoms with van der Waals surface area (Å²) in [5.41, 5.74) is 4.44. The van der Waals surface area contributed by atoms with Gasteiger partial charge in [-0.25, -0.2) is 9.78 Å². The number of aliphatic hydroxyl groups is 1. The van der Waals surface area contributed by atoms with E-state index in [0.717, 1.165) is 49.7 Å². The molecule has 2 fully saturated rings. The topological polar surface area (TPSA) is 76.0 Å². The highest BCUT2D eigenvalue weighted by Gasteiger charge is 2.62. The Morgan fingerprint density at radius 2 is 1.81 bits per heavy atom. The molecular weight excluding hydrogens is 464 g/mol. The van der Waals surface area contributed by atoms with Crippen molar-refractivity contribution in [1.29, 1.82) is 0 Å². The number of rotatable bonds is 6. The van der Waals surface area contributed by atoms with E-state index in [9.17, 15) is 15.0 Å². The van der Waals surface area contributed by atoms with Gasteiger partial charge in [-0.05, 0) is 123 Å². The van der Waals surface area contributed by atoms with Gasteiger partial charge in [0.2, 0.25) is 0 Å². The summed E-state index contributed by atoms with van der Waals surface area (Å²) in [6.07, 6.45) is 7.30. The van der Waals surface area contributed by atoms with Gasteiger partial charge in [0.05, 0.1) is 24.2 Å². The fraction of sp³-hybridized carbons (Fsp3) is 0.594. The van der Waals surface area contributed by atoms with Crippen molar-refractivity contribution in [2.75, 3.05) is 13.2 Å². The van der Waals surface area contributed by atoms with Crippen molar-refractivity contribution in [2.45, 2.75) is 83.7 Å². The maximum atomic E-state index is 12.7. The van der Waals surface area contributed by atoms with E-state index in [1.54, 1.807) is 6.92 Å². The van der Waals surface area contributed by atoms with E-state index >= 15 is 0 Å². The summed E-state index contributed by atoms with van der Waals surface area (Å²) >= 11 is 0. The Hall–Kier alpha value is -2.21. The van der Waals surface area contributed by atoms with Crippen LogP contribution in [-0.4, -0.2) is 29.2 Å². The molecule has 0 amide bonds. The number of hydrogen-bond acceptors (Lipinski definition) is 5. The summed E-state index contributed by atoms with van der Waals surface area (Å²) in [6, 6.07) is 12.4. The highest BCUT2D eigenvalue weighted by Crippen LogP contribution is 2.67. The normalized spacial score (nSPS) is 35.9. The molecule has 6 rings (SSSR count). The summed E-state index contributed by atoms with van der Waals surface area (Å²) in [5.74, 6) is 2.05. The van der Waals surface area contributed by atoms with Crippen molar-refractivity contribution in [2.24, 2.45) is 22.7 Å². The van der Waals surface area contributed by atoms with Crippen molar-refractivity contribution in [3.63, 3.8) is 0 Å². The van der Waals surface area contributed by atoms with E-state index < -0.39 is 11.0 Å². The molecule has 1 unspecified atom stereocenters. The van der Waals surface area contributed by atoms with Gasteiger partial charge in [-0.15, -0.1) is 0 Å². The van der Waals surface area contributed by atoms with E-state index in [1.807, 2.05) is 19.1 Å². The van der Waals surface area contributed by atoms with Crippen molar-refractivity contribution in [3.05, 3.63) is 64.2 Å². The van der Waals surface area contributed by atoms with Crippen LogP contribution in [0.25, 0.3) is 0 Å². The van der Waals surface area contributed by atoms with E-state index in [1.165, 1.54) is 16.7 Å².